The minimum atomic E-state index is 0.0949. The summed E-state index contributed by atoms with van der Waals surface area (Å²) in [5.74, 6) is 0.840. The highest BCUT2D eigenvalue weighted by molar-refractivity contribution is 6.27. The van der Waals surface area contributed by atoms with Crippen LogP contribution in [-0.2, 0) is 14.4 Å². The van der Waals surface area contributed by atoms with Crippen molar-refractivity contribution in [3.8, 4) is 0 Å². The summed E-state index contributed by atoms with van der Waals surface area (Å²) in [6.45, 7) is 19.7. The van der Waals surface area contributed by atoms with Gasteiger partial charge in [-0.1, -0.05) is 54.7 Å². The maximum absolute atomic E-state index is 10.7. The third-order valence-electron chi connectivity index (χ3n) is 2.49. The van der Waals surface area contributed by atoms with E-state index in [4.69, 9.17) is 11.6 Å². The highest BCUT2D eigenvalue weighted by atomic mass is 35.5. The second-order valence-corrected chi connectivity index (χ2v) is 6.08. The highest BCUT2D eigenvalue weighted by Crippen LogP contribution is 2.01. The van der Waals surface area contributed by atoms with E-state index in [-0.39, 0.29) is 41.0 Å². The van der Waals surface area contributed by atoms with Gasteiger partial charge in [0.2, 0.25) is 0 Å². The standard InChI is InChI=1S/C7H12O.C6H10O.C5H9ClO/c1-5(2)7(8)6(3)4;1-4-6(7)5(2)3;1-4(2)5(7)3-6/h6H,1H2,2-4H3;4-5H,1H2,2-3H3;4H,3H2,1-2H3. The molecule has 0 heterocycles. The molecule has 0 fully saturated rings. The molecule has 0 saturated carbocycles. The zero-order chi connectivity index (χ0) is 18.5. The van der Waals surface area contributed by atoms with E-state index in [1.807, 2.05) is 41.5 Å². The third kappa shape index (κ3) is 16.8. The molecule has 0 radical (unpaired) electrons. The topological polar surface area (TPSA) is 51.2 Å². The Labute approximate surface area is 140 Å². The lowest BCUT2D eigenvalue weighted by Crippen LogP contribution is -2.07. The first-order valence-electron chi connectivity index (χ1n) is 7.36. The number of halogens is 1. The summed E-state index contributed by atoms with van der Waals surface area (Å²) in [6.07, 6.45) is 1.35. The fourth-order valence-electron chi connectivity index (χ4n) is 0.883. The molecule has 0 aromatic heterocycles. The molecule has 22 heavy (non-hydrogen) atoms. The van der Waals surface area contributed by atoms with Crippen LogP contribution in [0.4, 0.5) is 0 Å². The van der Waals surface area contributed by atoms with Crippen molar-refractivity contribution >= 4 is 29.0 Å². The van der Waals surface area contributed by atoms with Crippen LogP contribution in [0.1, 0.15) is 48.5 Å². The average Bonchev–Trinajstić information content (AvgIpc) is 2.45. The molecule has 3 nitrogen and oxygen atoms in total. The fourth-order valence-corrected chi connectivity index (χ4v) is 1.19. The van der Waals surface area contributed by atoms with Crippen molar-refractivity contribution in [2.45, 2.75) is 48.5 Å². The zero-order valence-corrected chi connectivity index (χ0v) is 15.8. The maximum atomic E-state index is 10.7. The molecule has 0 aliphatic rings. The van der Waals surface area contributed by atoms with Crippen LogP contribution in [0.15, 0.2) is 24.8 Å². The molecule has 0 aliphatic heterocycles. The molecule has 128 valence electrons. The largest absolute Gasteiger partial charge is 0.298 e. The number of carbonyl (C=O) groups excluding carboxylic acids is 3. The zero-order valence-electron chi connectivity index (χ0n) is 15.0. The van der Waals surface area contributed by atoms with E-state index in [1.165, 1.54) is 6.08 Å². The van der Waals surface area contributed by atoms with Crippen LogP contribution >= 0.6 is 11.6 Å². The normalized spacial score (nSPS) is 9.41. The van der Waals surface area contributed by atoms with Gasteiger partial charge in [-0.15, -0.1) is 11.6 Å². The first-order valence-corrected chi connectivity index (χ1v) is 7.90. The van der Waals surface area contributed by atoms with Crippen LogP contribution in [0.2, 0.25) is 0 Å². The minimum absolute atomic E-state index is 0.0949. The minimum Gasteiger partial charge on any atom is -0.298 e. The summed E-state index contributed by atoms with van der Waals surface area (Å²) >= 11 is 5.20. The summed E-state index contributed by atoms with van der Waals surface area (Å²) in [5.41, 5.74) is 0.653. The van der Waals surface area contributed by atoms with Gasteiger partial charge in [0.15, 0.2) is 11.6 Å². The Balaban J connectivity index is -0.000000247. The van der Waals surface area contributed by atoms with Crippen molar-refractivity contribution in [2.75, 3.05) is 5.88 Å². The summed E-state index contributed by atoms with van der Waals surface area (Å²) in [4.78, 5) is 31.5. The van der Waals surface area contributed by atoms with Crippen LogP contribution in [0.5, 0.6) is 0 Å². The molecule has 0 aromatic rings. The summed E-state index contributed by atoms with van der Waals surface area (Å²) in [6, 6.07) is 0. The van der Waals surface area contributed by atoms with Crippen LogP contribution in [0.25, 0.3) is 0 Å². The number of allylic oxidation sites excluding steroid dienone is 2. The Morgan fingerprint density at radius 3 is 1.36 bits per heavy atom. The number of Topliss-reactive ketones (excluding diaryl/α,β-unsaturated/α-hetero) is 2. The van der Waals surface area contributed by atoms with Crippen molar-refractivity contribution in [1.29, 1.82) is 0 Å². The molecule has 0 amide bonds. The van der Waals surface area contributed by atoms with E-state index in [0.717, 1.165) is 0 Å². The van der Waals surface area contributed by atoms with E-state index >= 15 is 0 Å². The Hall–Kier alpha value is -1.22. The van der Waals surface area contributed by atoms with Crippen molar-refractivity contribution in [2.24, 2.45) is 17.8 Å². The number of hydrogen-bond donors (Lipinski definition) is 0. The van der Waals surface area contributed by atoms with Crippen molar-refractivity contribution < 1.29 is 14.4 Å². The summed E-state index contributed by atoms with van der Waals surface area (Å²) in [5, 5.41) is 0. The maximum Gasteiger partial charge on any atom is 0.160 e. The lowest BCUT2D eigenvalue weighted by Gasteiger charge is -1.99. The predicted molar refractivity (Wildman–Crippen MR) is 95.3 cm³/mol. The van der Waals surface area contributed by atoms with Crippen LogP contribution < -0.4 is 0 Å². The van der Waals surface area contributed by atoms with Gasteiger partial charge in [-0.25, -0.2) is 0 Å². The van der Waals surface area contributed by atoms with Gasteiger partial charge in [-0.05, 0) is 18.6 Å². The second-order valence-electron chi connectivity index (χ2n) is 5.82. The Kier molecular flexibility index (Phi) is 17.2. The van der Waals surface area contributed by atoms with E-state index in [2.05, 4.69) is 13.2 Å². The van der Waals surface area contributed by atoms with Gasteiger partial charge in [-0.3, -0.25) is 14.4 Å². The van der Waals surface area contributed by atoms with E-state index < -0.39 is 0 Å². The van der Waals surface area contributed by atoms with Gasteiger partial charge >= 0.3 is 0 Å². The first-order chi connectivity index (χ1) is 9.91. The van der Waals surface area contributed by atoms with Gasteiger partial charge in [0.25, 0.3) is 0 Å². The van der Waals surface area contributed by atoms with Crippen molar-refractivity contribution in [1.82, 2.24) is 0 Å². The summed E-state index contributed by atoms with van der Waals surface area (Å²) < 4.78 is 0. The lowest BCUT2D eigenvalue weighted by atomic mass is 10.0. The lowest BCUT2D eigenvalue weighted by molar-refractivity contribution is -0.119. The highest BCUT2D eigenvalue weighted by Gasteiger charge is 2.05. The molecule has 0 spiro atoms. The van der Waals surface area contributed by atoms with Gasteiger partial charge in [0.1, 0.15) is 5.78 Å². The van der Waals surface area contributed by atoms with E-state index in [0.29, 0.717) is 5.57 Å². The van der Waals surface area contributed by atoms with Gasteiger partial charge in [0, 0.05) is 17.8 Å². The molecule has 0 atom stereocenters. The molecular weight excluding hydrogens is 300 g/mol. The summed E-state index contributed by atoms with van der Waals surface area (Å²) in [7, 11) is 0. The number of carbonyl (C=O) groups is 3. The molecule has 0 unspecified atom stereocenters. The predicted octanol–water partition coefficient (Wildman–Crippen LogP) is 4.64. The fraction of sp³-hybridized carbons (Fsp3) is 0.611. The Bertz CT molecular complexity index is 380. The second kappa shape index (κ2) is 14.7. The van der Waals surface area contributed by atoms with Crippen LogP contribution in [0.3, 0.4) is 0 Å². The van der Waals surface area contributed by atoms with Gasteiger partial charge in [-0.2, -0.15) is 0 Å². The molecule has 4 heteroatoms. The monoisotopic (exact) mass is 330 g/mol. The number of rotatable bonds is 6. The molecule has 0 N–H and O–H groups in total. The molecule has 0 aliphatic carbocycles. The number of alkyl halides is 1. The quantitative estimate of drug-likeness (QED) is 0.526. The smallest absolute Gasteiger partial charge is 0.160 e. The van der Waals surface area contributed by atoms with E-state index in [9.17, 15) is 14.4 Å². The van der Waals surface area contributed by atoms with Gasteiger partial charge < -0.3 is 0 Å². The van der Waals surface area contributed by atoms with Crippen molar-refractivity contribution in [3.63, 3.8) is 0 Å². The third-order valence-corrected chi connectivity index (χ3v) is 2.75. The molecule has 0 aromatic carbocycles. The Morgan fingerprint density at radius 1 is 0.955 bits per heavy atom. The average molecular weight is 331 g/mol. The van der Waals surface area contributed by atoms with Crippen LogP contribution in [0, 0.1) is 17.8 Å². The molecule has 0 bridgehead atoms. The van der Waals surface area contributed by atoms with E-state index in [1.54, 1.807) is 6.92 Å². The van der Waals surface area contributed by atoms with Crippen molar-refractivity contribution in [3.05, 3.63) is 24.8 Å². The Morgan fingerprint density at radius 2 is 1.36 bits per heavy atom. The molecular formula is C18H31ClO3. The molecule has 0 rings (SSSR count). The molecule has 0 saturated heterocycles. The number of ketones is 3. The number of hydrogen-bond acceptors (Lipinski definition) is 3. The first kappa shape index (κ1) is 25.7. The van der Waals surface area contributed by atoms with Gasteiger partial charge in [0.05, 0.1) is 5.88 Å². The SMILES string of the molecule is C=C(C)C(=O)C(C)C.C=CC(=O)C(C)C.CC(C)C(=O)CCl. The van der Waals surface area contributed by atoms with Crippen LogP contribution in [-0.4, -0.2) is 23.2 Å².